The van der Waals surface area contributed by atoms with Gasteiger partial charge in [0.25, 0.3) is 0 Å². The number of primary amides is 1. The number of hydrogen-bond donors (Lipinski definition) is 2. The summed E-state index contributed by atoms with van der Waals surface area (Å²) in [5.74, 6) is -0.858. The van der Waals surface area contributed by atoms with Gasteiger partial charge in [-0.2, -0.15) is 4.90 Å². The van der Waals surface area contributed by atoms with Gasteiger partial charge in [-0.3, -0.25) is 14.5 Å². The number of amides is 4. The maximum Gasteiger partial charge on any atom is 0.328 e. The number of piperidine rings is 1. The lowest BCUT2D eigenvalue weighted by Gasteiger charge is -2.55. The standard InChI is InChI=1S/C28H26BrN3O6/c29-18-9-21-20(37-12-38-21)7-16(18)10-31-19-8-17(14-3-1-13(11-33)2-4-14)22(25(31)15-5-6-15)24-23(19)26(34)32(27(24)35)28(30)36/h1-4,7-9,15,19,22-25,33H,5-6,10-12H2,(H2,30,36). The van der Waals surface area contributed by atoms with E-state index < -0.39 is 29.7 Å². The first-order valence-electron chi connectivity index (χ1n) is 12.8. The van der Waals surface area contributed by atoms with Gasteiger partial charge in [0, 0.05) is 29.0 Å². The van der Waals surface area contributed by atoms with E-state index in [1.807, 2.05) is 36.4 Å². The lowest BCUT2D eigenvalue weighted by Crippen LogP contribution is -2.62. The molecule has 3 N–H and O–H groups in total. The average molecular weight is 580 g/mol. The first-order chi connectivity index (χ1) is 18.4. The van der Waals surface area contributed by atoms with E-state index in [9.17, 15) is 19.5 Å². The molecule has 2 saturated heterocycles. The highest BCUT2D eigenvalue weighted by molar-refractivity contribution is 9.10. The van der Waals surface area contributed by atoms with Crippen molar-refractivity contribution in [3.8, 4) is 11.5 Å². The van der Waals surface area contributed by atoms with Gasteiger partial charge in [0.05, 0.1) is 18.4 Å². The smallest absolute Gasteiger partial charge is 0.328 e. The molecule has 3 fully saturated rings. The summed E-state index contributed by atoms with van der Waals surface area (Å²) in [5.41, 5.74) is 9.29. The molecular weight excluding hydrogens is 554 g/mol. The highest BCUT2D eigenvalue weighted by Gasteiger charge is 2.66. The third kappa shape index (κ3) is 3.47. The van der Waals surface area contributed by atoms with Crippen LogP contribution >= 0.6 is 15.9 Å². The van der Waals surface area contributed by atoms with Crippen LogP contribution in [0.15, 0.2) is 46.9 Å². The maximum atomic E-state index is 13.6. The number of ether oxygens (including phenoxy) is 2. The normalized spacial score (nSPS) is 29.6. The molecule has 2 bridgehead atoms. The van der Waals surface area contributed by atoms with Crippen LogP contribution in [0, 0.1) is 23.7 Å². The summed E-state index contributed by atoms with van der Waals surface area (Å²) >= 11 is 3.68. The van der Waals surface area contributed by atoms with Crippen molar-refractivity contribution in [2.75, 3.05) is 6.79 Å². The molecule has 0 spiro atoms. The van der Waals surface area contributed by atoms with Crippen LogP contribution in [0.25, 0.3) is 5.57 Å². The molecule has 0 aromatic heterocycles. The summed E-state index contributed by atoms with van der Waals surface area (Å²) in [6, 6.07) is 10.1. The number of likely N-dealkylation sites (tertiary alicyclic amines) is 1. The Hall–Kier alpha value is -3.21. The Morgan fingerprint density at radius 2 is 1.71 bits per heavy atom. The van der Waals surface area contributed by atoms with E-state index in [-0.39, 0.29) is 31.4 Å². The number of rotatable bonds is 5. The lowest BCUT2D eigenvalue weighted by atomic mass is 9.60. The second-order valence-electron chi connectivity index (χ2n) is 10.7. The third-order valence-corrected chi connectivity index (χ3v) is 9.42. The summed E-state index contributed by atoms with van der Waals surface area (Å²) in [7, 11) is 0. The number of halogens is 1. The molecule has 5 atom stereocenters. The number of carbonyl (C=O) groups is 3. The number of imide groups is 3. The molecule has 2 aromatic carbocycles. The molecule has 0 radical (unpaired) electrons. The zero-order valence-corrected chi connectivity index (χ0v) is 22.0. The van der Waals surface area contributed by atoms with E-state index in [0.717, 1.165) is 39.6 Å². The molecule has 4 amide bonds. The number of hydrogen-bond acceptors (Lipinski definition) is 7. The van der Waals surface area contributed by atoms with Crippen molar-refractivity contribution in [2.45, 2.75) is 38.1 Å². The molecule has 8 rings (SSSR count). The summed E-state index contributed by atoms with van der Waals surface area (Å²) in [4.78, 5) is 42.3. The summed E-state index contributed by atoms with van der Waals surface area (Å²) in [5, 5.41) is 9.52. The van der Waals surface area contributed by atoms with Gasteiger partial charge in [-0.05, 0) is 53.2 Å². The van der Waals surface area contributed by atoms with Gasteiger partial charge in [0.15, 0.2) is 11.5 Å². The minimum absolute atomic E-state index is 0.0145. The molecule has 2 aliphatic carbocycles. The van der Waals surface area contributed by atoms with E-state index in [1.165, 1.54) is 0 Å². The van der Waals surface area contributed by atoms with Gasteiger partial charge in [0.2, 0.25) is 18.6 Å². The van der Waals surface area contributed by atoms with Gasteiger partial charge in [-0.1, -0.05) is 46.3 Å². The third-order valence-electron chi connectivity index (χ3n) is 8.69. The zero-order chi connectivity index (χ0) is 26.3. The topological polar surface area (TPSA) is 122 Å². The fourth-order valence-corrected chi connectivity index (χ4v) is 7.39. The van der Waals surface area contributed by atoms with Crippen molar-refractivity contribution >= 4 is 39.3 Å². The fraction of sp³-hybridized carbons (Fsp3) is 0.393. The van der Waals surface area contributed by atoms with Crippen LogP contribution in [-0.4, -0.2) is 51.6 Å². The van der Waals surface area contributed by atoms with Crippen molar-refractivity contribution in [3.63, 3.8) is 0 Å². The molecule has 10 heteroatoms. The lowest BCUT2D eigenvalue weighted by molar-refractivity contribution is -0.136. The highest BCUT2D eigenvalue weighted by atomic mass is 79.9. The van der Waals surface area contributed by atoms with Gasteiger partial charge in [-0.25, -0.2) is 4.79 Å². The molecule has 4 aliphatic heterocycles. The summed E-state index contributed by atoms with van der Waals surface area (Å²) in [6.45, 7) is 0.655. The van der Waals surface area contributed by atoms with E-state index in [1.54, 1.807) is 0 Å². The minimum Gasteiger partial charge on any atom is -0.454 e. The minimum atomic E-state index is -1.02. The Balaban J connectivity index is 1.35. The Morgan fingerprint density at radius 3 is 2.37 bits per heavy atom. The Labute approximate surface area is 227 Å². The molecule has 9 nitrogen and oxygen atoms in total. The van der Waals surface area contributed by atoms with Crippen molar-refractivity contribution in [1.29, 1.82) is 0 Å². The van der Waals surface area contributed by atoms with Crippen LogP contribution in [0.4, 0.5) is 4.79 Å². The number of carbonyl (C=O) groups excluding carboxylic acids is 3. The molecule has 6 aliphatic rings. The van der Waals surface area contributed by atoms with Crippen molar-refractivity contribution in [3.05, 3.63) is 63.6 Å². The number of nitrogens with two attached hydrogens (primary N) is 1. The predicted molar refractivity (Wildman–Crippen MR) is 138 cm³/mol. The number of aliphatic hydroxyl groups is 1. The molecule has 38 heavy (non-hydrogen) atoms. The summed E-state index contributed by atoms with van der Waals surface area (Å²) < 4.78 is 12.0. The van der Waals surface area contributed by atoms with Crippen LogP contribution in [0.3, 0.4) is 0 Å². The van der Waals surface area contributed by atoms with E-state index in [0.29, 0.717) is 28.9 Å². The molecule has 2 aromatic rings. The SMILES string of the molecule is NC(=O)N1C(=O)C2C(C1=O)C1C=C(c3ccc(CO)cc3)C2C(C2CC2)N1Cc1cc2c(cc1Br)OCO2. The van der Waals surface area contributed by atoms with Crippen LogP contribution < -0.4 is 15.2 Å². The second-order valence-corrected chi connectivity index (χ2v) is 11.5. The molecular formula is C28H26BrN3O6. The van der Waals surface area contributed by atoms with E-state index in [2.05, 4.69) is 26.9 Å². The fourth-order valence-electron chi connectivity index (χ4n) is 6.94. The molecule has 1 saturated carbocycles. The zero-order valence-electron chi connectivity index (χ0n) is 20.4. The first-order valence-corrected chi connectivity index (χ1v) is 13.6. The molecule has 4 heterocycles. The van der Waals surface area contributed by atoms with Gasteiger partial charge in [-0.15, -0.1) is 0 Å². The number of nitrogens with zero attached hydrogens (tertiary/aromatic N) is 2. The van der Waals surface area contributed by atoms with E-state index in [4.69, 9.17) is 15.2 Å². The monoisotopic (exact) mass is 579 g/mol. The number of urea groups is 1. The largest absolute Gasteiger partial charge is 0.454 e. The van der Waals surface area contributed by atoms with Crippen LogP contribution in [0.1, 0.15) is 29.5 Å². The average Bonchev–Trinajstić information content (AvgIpc) is 3.59. The number of benzene rings is 2. The first kappa shape index (κ1) is 23.9. The maximum absolute atomic E-state index is 13.6. The van der Waals surface area contributed by atoms with Gasteiger partial charge in [0.1, 0.15) is 0 Å². The van der Waals surface area contributed by atoms with Crippen LogP contribution in [-0.2, 0) is 22.7 Å². The quantitative estimate of drug-likeness (QED) is 0.522. The Bertz CT molecular complexity index is 1400. The second kappa shape index (κ2) is 8.65. The number of fused-ring (bicyclic) bond motifs is 2. The molecule has 196 valence electrons. The number of aliphatic hydroxyl groups excluding tert-OH is 1. The Kier molecular flexibility index (Phi) is 5.44. The van der Waals surface area contributed by atoms with Crippen LogP contribution in [0.5, 0.6) is 11.5 Å². The highest BCUT2D eigenvalue weighted by Crippen LogP contribution is 2.58. The Morgan fingerprint density at radius 1 is 1.03 bits per heavy atom. The predicted octanol–water partition coefficient (Wildman–Crippen LogP) is 3.03. The van der Waals surface area contributed by atoms with Crippen molar-refractivity contribution < 1.29 is 29.0 Å². The molecule has 5 unspecified atom stereocenters. The van der Waals surface area contributed by atoms with Gasteiger partial charge >= 0.3 is 6.03 Å². The van der Waals surface area contributed by atoms with Gasteiger partial charge < -0.3 is 20.3 Å². The van der Waals surface area contributed by atoms with Crippen molar-refractivity contribution in [2.24, 2.45) is 29.4 Å². The van der Waals surface area contributed by atoms with Crippen molar-refractivity contribution in [1.82, 2.24) is 9.80 Å². The summed E-state index contributed by atoms with van der Waals surface area (Å²) in [6.07, 6.45) is 4.19. The van der Waals surface area contributed by atoms with E-state index >= 15 is 0 Å². The van der Waals surface area contributed by atoms with Crippen LogP contribution in [0.2, 0.25) is 0 Å².